The number of rotatable bonds is 2. The molecule has 0 amide bonds. The van der Waals surface area contributed by atoms with Gasteiger partial charge in [0.25, 0.3) is 0 Å². The Morgan fingerprint density at radius 2 is 1.71 bits per heavy atom. The SMILES string of the molecule is Cc1ccc(C2=CCC3(C)C(CCC4(C)C5CCC6(C(=O)O)CCCC6C5CCC43)C2(C)C)s1. The molecule has 34 heavy (non-hydrogen) atoms. The Balaban J connectivity index is 1.34. The normalized spacial score (nSPS) is 47.1. The van der Waals surface area contributed by atoms with Crippen LogP contribution in [0.1, 0.15) is 102 Å². The van der Waals surface area contributed by atoms with Crippen molar-refractivity contribution in [1.82, 2.24) is 0 Å². The van der Waals surface area contributed by atoms with E-state index < -0.39 is 11.4 Å². The second kappa shape index (κ2) is 7.46. The molecule has 0 aliphatic heterocycles. The quantitative estimate of drug-likeness (QED) is 0.460. The van der Waals surface area contributed by atoms with Gasteiger partial charge in [-0.05, 0) is 128 Å². The van der Waals surface area contributed by atoms with Gasteiger partial charge in [-0.15, -0.1) is 11.3 Å². The van der Waals surface area contributed by atoms with E-state index in [0.29, 0.717) is 22.7 Å². The average Bonchev–Trinajstić information content (AvgIpc) is 3.40. The summed E-state index contributed by atoms with van der Waals surface area (Å²) in [4.78, 5) is 15.3. The molecular formula is C31H44O2S. The topological polar surface area (TPSA) is 37.3 Å². The monoisotopic (exact) mass is 480 g/mol. The first-order valence-electron chi connectivity index (χ1n) is 14.0. The van der Waals surface area contributed by atoms with Crippen molar-refractivity contribution < 1.29 is 9.90 Å². The Hall–Kier alpha value is -1.09. The number of thiophene rings is 1. The summed E-state index contributed by atoms with van der Waals surface area (Å²) in [6.45, 7) is 12.6. The summed E-state index contributed by atoms with van der Waals surface area (Å²) in [6.07, 6.45) is 14.4. The van der Waals surface area contributed by atoms with Crippen molar-refractivity contribution in [3.05, 3.63) is 28.0 Å². The maximum Gasteiger partial charge on any atom is 0.309 e. The van der Waals surface area contributed by atoms with E-state index in [2.05, 4.69) is 52.8 Å². The fourth-order valence-electron chi connectivity index (χ4n) is 11.2. The van der Waals surface area contributed by atoms with Gasteiger partial charge in [0.1, 0.15) is 0 Å². The number of carboxylic acids is 1. The molecule has 4 saturated carbocycles. The van der Waals surface area contributed by atoms with Gasteiger partial charge in [-0.25, -0.2) is 0 Å². The molecule has 1 heterocycles. The Morgan fingerprint density at radius 3 is 2.41 bits per heavy atom. The van der Waals surface area contributed by atoms with Crippen LogP contribution in [0.15, 0.2) is 18.2 Å². The highest BCUT2D eigenvalue weighted by molar-refractivity contribution is 7.13. The molecule has 1 aromatic rings. The fourth-order valence-corrected chi connectivity index (χ4v) is 12.3. The van der Waals surface area contributed by atoms with Crippen LogP contribution in [-0.2, 0) is 4.79 Å². The van der Waals surface area contributed by atoms with E-state index in [-0.39, 0.29) is 5.41 Å². The molecule has 4 fully saturated rings. The average molecular weight is 481 g/mol. The second-order valence-electron chi connectivity index (χ2n) is 14.0. The van der Waals surface area contributed by atoms with E-state index in [1.165, 1.54) is 41.9 Å². The van der Waals surface area contributed by atoms with Crippen molar-refractivity contribution in [3.8, 4) is 0 Å². The summed E-state index contributed by atoms with van der Waals surface area (Å²) in [5.74, 6) is 2.82. The van der Waals surface area contributed by atoms with Crippen LogP contribution in [0, 0.1) is 58.2 Å². The van der Waals surface area contributed by atoms with Crippen molar-refractivity contribution in [2.24, 2.45) is 51.2 Å². The van der Waals surface area contributed by atoms with Crippen LogP contribution in [0.2, 0.25) is 0 Å². The third-order valence-corrected chi connectivity index (χ3v) is 13.6. The van der Waals surface area contributed by atoms with E-state index in [1.54, 1.807) is 5.57 Å². The lowest BCUT2D eigenvalue weighted by Gasteiger charge is -2.68. The fraction of sp³-hybridized carbons (Fsp3) is 0.774. The Bertz CT molecular complexity index is 1030. The molecule has 0 bridgehead atoms. The molecule has 1 aromatic heterocycles. The third-order valence-electron chi connectivity index (χ3n) is 12.5. The highest BCUT2D eigenvalue weighted by Crippen LogP contribution is 2.73. The molecule has 5 aliphatic carbocycles. The van der Waals surface area contributed by atoms with Gasteiger partial charge in [-0.3, -0.25) is 4.79 Å². The van der Waals surface area contributed by atoms with Gasteiger partial charge < -0.3 is 5.11 Å². The highest BCUT2D eigenvalue weighted by atomic mass is 32.1. The standard InChI is InChI=1S/C31H44O2S/c1-19-8-10-24(34-19)23-12-16-30(5)25(28(23,2)3)14-17-29(4)21-13-18-31(27(32)33)15-6-7-22(31)20(21)9-11-26(29)30/h8,10,12,20-22,25-26H,6-7,9,11,13-18H2,1-5H3,(H,32,33). The van der Waals surface area contributed by atoms with Gasteiger partial charge in [0.2, 0.25) is 0 Å². The number of hydrogen-bond acceptors (Lipinski definition) is 2. The molecule has 2 nitrogen and oxygen atoms in total. The van der Waals surface area contributed by atoms with Crippen molar-refractivity contribution in [2.45, 2.75) is 98.8 Å². The number of carboxylic acid groups (broad SMARTS) is 1. The molecule has 0 radical (unpaired) electrons. The lowest BCUT2D eigenvalue weighted by atomic mass is 9.36. The first-order chi connectivity index (χ1) is 16.0. The minimum Gasteiger partial charge on any atom is -0.481 e. The highest BCUT2D eigenvalue weighted by Gasteiger charge is 2.66. The predicted molar refractivity (Wildman–Crippen MR) is 141 cm³/mol. The third kappa shape index (κ3) is 2.88. The summed E-state index contributed by atoms with van der Waals surface area (Å²) in [5, 5.41) is 10.3. The molecule has 0 saturated heterocycles. The van der Waals surface area contributed by atoms with Crippen molar-refractivity contribution in [2.75, 3.05) is 0 Å². The molecular weight excluding hydrogens is 436 g/mol. The van der Waals surface area contributed by atoms with Gasteiger partial charge in [0.05, 0.1) is 5.41 Å². The Kier molecular flexibility index (Phi) is 5.12. The van der Waals surface area contributed by atoms with Gasteiger partial charge in [0, 0.05) is 9.75 Å². The van der Waals surface area contributed by atoms with E-state index in [4.69, 9.17) is 0 Å². The van der Waals surface area contributed by atoms with Crippen molar-refractivity contribution in [3.63, 3.8) is 0 Å². The maximum absolute atomic E-state index is 12.4. The molecule has 6 rings (SSSR count). The first-order valence-corrected chi connectivity index (χ1v) is 14.9. The minimum atomic E-state index is -0.480. The first kappa shape index (κ1) is 23.3. The molecule has 3 heteroatoms. The number of hydrogen-bond donors (Lipinski definition) is 1. The van der Waals surface area contributed by atoms with E-state index in [9.17, 15) is 9.90 Å². The lowest BCUT2D eigenvalue weighted by molar-refractivity contribution is -0.187. The number of aliphatic carboxylic acids is 1. The van der Waals surface area contributed by atoms with Crippen LogP contribution >= 0.6 is 11.3 Å². The summed E-state index contributed by atoms with van der Waals surface area (Å²) in [7, 11) is 0. The van der Waals surface area contributed by atoms with Gasteiger partial charge in [-0.1, -0.05) is 40.2 Å². The van der Waals surface area contributed by atoms with Crippen molar-refractivity contribution in [1.29, 1.82) is 0 Å². The van der Waals surface area contributed by atoms with Crippen LogP contribution in [0.4, 0.5) is 0 Å². The number of carbonyl (C=O) groups is 1. The summed E-state index contributed by atoms with van der Waals surface area (Å²) in [6, 6.07) is 4.64. The van der Waals surface area contributed by atoms with E-state index >= 15 is 0 Å². The van der Waals surface area contributed by atoms with Gasteiger partial charge in [-0.2, -0.15) is 0 Å². The minimum absolute atomic E-state index is 0.207. The number of aryl methyl sites for hydroxylation is 1. The molecule has 1 N–H and O–H groups in total. The molecule has 0 spiro atoms. The smallest absolute Gasteiger partial charge is 0.309 e. The van der Waals surface area contributed by atoms with Crippen molar-refractivity contribution >= 4 is 22.9 Å². The van der Waals surface area contributed by atoms with Crippen LogP contribution < -0.4 is 0 Å². The van der Waals surface area contributed by atoms with Gasteiger partial charge in [0.15, 0.2) is 0 Å². The number of allylic oxidation sites excluding steroid dienone is 2. The largest absolute Gasteiger partial charge is 0.481 e. The summed E-state index contributed by atoms with van der Waals surface area (Å²) in [5.41, 5.74) is 2.14. The Labute approximate surface area is 210 Å². The van der Waals surface area contributed by atoms with Gasteiger partial charge >= 0.3 is 5.97 Å². The van der Waals surface area contributed by atoms with Crippen LogP contribution in [0.3, 0.4) is 0 Å². The number of fused-ring (bicyclic) bond motifs is 7. The second-order valence-corrected chi connectivity index (χ2v) is 15.2. The van der Waals surface area contributed by atoms with E-state index in [1.807, 2.05) is 11.3 Å². The Morgan fingerprint density at radius 1 is 0.912 bits per heavy atom. The van der Waals surface area contributed by atoms with Crippen LogP contribution in [-0.4, -0.2) is 11.1 Å². The maximum atomic E-state index is 12.4. The molecule has 5 aliphatic rings. The zero-order valence-corrected chi connectivity index (χ0v) is 22.8. The van der Waals surface area contributed by atoms with Crippen LogP contribution in [0.5, 0.6) is 0 Å². The molecule has 8 atom stereocenters. The summed E-state index contributed by atoms with van der Waals surface area (Å²) < 4.78 is 0. The zero-order valence-electron chi connectivity index (χ0n) is 22.0. The van der Waals surface area contributed by atoms with Crippen LogP contribution in [0.25, 0.3) is 5.57 Å². The molecule has 0 aromatic carbocycles. The summed E-state index contributed by atoms with van der Waals surface area (Å²) >= 11 is 1.97. The van der Waals surface area contributed by atoms with E-state index in [0.717, 1.165) is 49.9 Å². The molecule has 8 unspecified atom stereocenters. The molecule has 186 valence electrons. The predicted octanol–water partition coefficient (Wildman–Crippen LogP) is 8.60. The lowest BCUT2D eigenvalue weighted by Crippen LogP contribution is -2.61. The zero-order chi connectivity index (χ0) is 24.1.